The SMILES string of the molecule is O=C(O)CN(C(=O)COc1ccccc1-c1ccccc1)C1CC1. The van der Waals surface area contributed by atoms with Crippen molar-refractivity contribution in [3.8, 4) is 16.9 Å². The molecule has 0 spiro atoms. The number of carboxylic acids is 1. The van der Waals surface area contributed by atoms with Gasteiger partial charge in [0.2, 0.25) is 0 Å². The van der Waals surface area contributed by atoms with Crippen LogP contribution in [0.2, 0.25) is 0 Å². The molecule has 24 heavy (non-hydrogen) atoms. The lowest BCUT2D eigenvalue weighted by Gasteiger charge is -2.20. The van der Waals surface area contributed by atoms with Gasteiger partial charge in [-0.15, -0.1) is 0 Å². The van der Waals surface area contributed by atoms with E-state index in [-0.39, 0.29) is 25.1 Å². The molecule has 0 unspecified atom stereocenters. The van der Waals surface area contributed by atoms with Crippen molar-refractivity contribution >= 4 is 11.9 Å². The van der Waals surface area contributed by atoms with Gasteiger partial charge in [-0.05, 0) is 24.5 Å². The Morgan fingerprint density at radius 1 is 1.04 bits per heavy atom. The maximum Gasteiger partial charge on any atom is 0.323 e. The Morgan fingerprint density at radius 3 is 2.38 bits per heavy atom. The van der Waals surface area contributed by atoms with Crippen LogP contribution in [0.3, 0.4) is 0 Å². The summed E-state index contributed by atoms with van der Waals surface area (Å²) in [7, 11) is 0. The molecule has 2 aromatic carbocycles. The van der Waals surface area contributed by atoms with Crippen molar-refractivity contribution in [3.05, 3.63) is 54.6 Å². The first-order valence-electron chi connectivity index (χ1n) is 7.93. The Balaban J connectivity index is 1.70. The Kier molecular flexibility index (Phi) is 4.79. The van der Waals surface area contributed by atoms with Gasteiger partial charge in [0, 0.05) is 11.6 Å². The zero-order valence-corrected chi connectivity index (χ0v) is 13.2. The molecule has 1 fully saturated rings. The summed E-state index contributed by atoms with van der Waals surface area (Å²) in [6.45, 7) is -0.430. The average molecular weight is 325 g/mol. The molecule has 2 aromatic rings. The standard InChI is InChI=1S/C19H19NO4/c21-18(20(12-19(22)23)15-10-11-15)13-24-17-9-5-4-8-16(17)14-6-2-1-3-7-14/h1-9,15H,10-13H2,(H,22,23). The van der Waals surface area contributed by atoms with E-state index in [0.29, 0.717) is 5.75 Å². The van der Waals surface area contributed by atoms with Gasteiger partial charge < -0.3 is 14.7 Å². The Labute approximate surface area is 140 Å². The van der Waals surface area contributed by atoms with E-state index in [2.05, 4.69) is 0 Å². The van der Waals surface area contributed by atoms with Crippen molar-refractivity contribution in [3.63, 3.8) is 0 Å². The minimum Gasteiger partial charge on any atom is -0.483 e. The summed E-state index contributed by atoms with van der Waals surface area (Å²) >= 11 is 0. The molecule has 0 radical (unpaired) electrons. The monoisotopic (exact) mass is 325 g/mol. The largest absolute Gasteiger partial charge is 0.483 e. The van der Waals surface area contributed by atoms with E-state index in [1.54, 1.807) is 0 Å². The molecule has 1 N–H and O–H groups in total. The third kappa shape index (κ3) is 3.93. The molecule has 0 bridgehead atoms. The van der Waals surface area contributed by atoms with Crippen molar-refractivity contribution in [2.45, 2.75) is 18.9 Å². The molecule has 0 heterocycles. The van der Waals surface area contributed by atoms with Crippen molar-refractivity contribution in [1.82, 2.24) is 4.90 Å². The summed E-state index contributed by atoms with van der Waals surface area (Å²) in [6, 6.07) is 17.3. The van der Waals surface area contributed by atoms with E-state index in [4.69, 9.17) is 9.84 Å². The Hall–Kier alpha value is -2.82. The van der Waals surface area contributed by atoms with E-state index in [9.17, 15) is 9.59 Å². The zero-order valence-electron chi connectivity index (χ0n) is 13.2. The second-order valence-corrected chi connectivity index (χ2v) is 5.80. The van der Waals surface area contributed by atoms with Crippen LogP contribution in [0.4, 0.5) is 0 Å². The van der Waals surface area contributed by atoms with Crippen LogP contribution in [0, 0.1) is 0 Å². The number of carboxylic acid groups (broad SMARTS) is 1. The highest BCUT2D eigenvalue weighted by Gasteiger charge is 2.34. The second-order valence-electron chi connectivity index (χ2n) is 5.80. The highest BCUT2D eigenvalue weighted by atomic mass is 16.5. The lowest BCUT2D eigenvalue weighted by molar-refractivity contribution is -0.145. The number of hydrogen-bond acceptors (Lipinski definition) is 3. The summed E-state index contributed by atoms with van der Waals surface area (Å²) in [5, 5.41) is 8.95. The maximum atomic E-state index is 12.3. The second kappa shape index (κ2) is 7.17. The highest BCUT2D eigenvalue weighted by molar-refractivity contribution is 5.83. The molecule has 0 aliphatic heterocycles. The Bertz CT molecular complexity index is 725. The number of aliphatic carboxylic acids is 1. The number of carbonyl (C=O) groups is 2. The summed E-state index contributed by atoms with van der Waals surface area (Å²) < 4.78 is 5.71. The first kappa shape index (κ1) is 16.1. The van der Waals surface area contributed by atoms with Crippen LogP contribution >= 0.6 is 0 Å². The molecule has 0 aromatic heterocycles. The molecule has 0 atom stereocenters. The predicted molar refractivity (Wildman–Crippen MR) is 89.7 cm³/mol. The fourth-order valence-corrected chi connectivity index (χ4v) is 2.62. The number of nitrogens with zero attached hydrogens (tertiary/aromatic N) is 1. The molecule has 1 saturated carbocycles. The number of carbonyl (C=O) groups excluding carboxylic acids is 1. The van der Waals surface area contributed by atoms with E-state index >= 15 is 0 Å². The molecule has 5 nitrogen and oxygen atoms in total. The minimum absolute atomic E-state index is 0.0431. The van der Waals surface area contributed by atoms with Crippen molar-refractivity contribution in [2.75, 3.05) is 13.2 Å². The fraction of sp³-hybridized carbons (Fsp3) is 0.263. The number of hydrogen-bond donors (Lipinski definition) is 1. The number of rotatable bonds is 7. The smallest absolute Gasteiger partial charge is 0.323 e. The van der Waals surface area contributed by atoms with Gasteiger partial charge in [-0.3, -0.25) is 9.59 Å². The van der Waals surface area contributed by atoms with Crippen LogP contribution < -0.4 is 4.74 Å². The third-order valence-corrected chi connectivity index (χ3v) is 3.94. The lowest BCUT2D eigenvalue weighted by atomic mass is 10.1. The van der Waals surface area contributed by atoms with E-state index in [0.717, 1.165) is 24.0 Å². The first-order chi connectivity index (χ1) is 11.6. The summed E-state index contributed by atoms with van der Waals surface area (Å²) in [4.78, 5) is 24.6. The van der Waals surface area contributed by atoms with Gasteiger partial charge in [0.25, 0.3) is 5.91 Å². The molecule has 0 saturated heterocycles. The van der Waals surface area contributed by atoms with Gasteiger partial charge in [0.15, 0.2) is 6.61 Å². The lowest BCUT2D eigenvalue weighted by Crippen LogP contribution is -2.40. The average Bonchev–Trinajstić information content (AvgIpc) is 3.43. The number of ether oxygens (including phenoxy) is 1. The fourth-order valence-electron chi connectivity index (χ4n) is 2.62. The molecular formula is C19H19NO4. The van der Waals surface area contributed by atoms with Crippen molar-refractivity contribution in [1.29, 1.82) is 0 Å². The van der Waals surface area contributed by atoms with E-state index in [1.807, 2.05) is 54.6 Å². The van der Waals surface area contributed by atoms with Crippen molar-refractivity contribution < 1.29 is 19.4 Å². The van der Waals surface area contributed by atoms with Gasteiger partial charge in [-0.1, -0.05) is 48.5 Å². The summed E-state index contributed by atoms with van der Waals surface area (Å²) in [6.07, 6.45) is 1.72. The van der Waals surface area contributed by atoms with Crippen LogP contribution in [0.1, 0.15) is 12.8 Å². The van der Waals surface area contributed by atoms with Crippen LogP contribution in [0.5, 0.6) is 5.75 Å². The third-order valence-electron chi connectivity index (χ3n) is 3.94. The summed E-state index contributed by atoms with van der Waals surface area (Å²) in [5.41, 5.74) is 1.91. The molecular weight excluding hydrogens is 306 g/mol. The van der Waals surface area contributed by atoms with E-state index < -0.39 is 5.97 Å². The molecule has 3 rings (SSSR count). The van der Waals surface area contributed by atoms with Gasteiger partial charge in [0.1, 0.15) is 12.3 Å². The quantitative estimate of drug-likeness (QED) is 0.850. The molecule has 1 aliphatic rings. The topological polar surface area (TPSA) is 66.8 Å². The Morgan fingerprint density at radius 2 is 1.71 bits per heavy atom. The minimum atomic E-state index is -1.00. The molecule has 5 heteroatoms. The molecule has 124 valence electrons. The van der Waals surface area contributed by atoms with Gasteiger partial charge in [-0.25, -0.2) is 0 Å². The molecule has 1 aliphatic carbocycles. The summed E-state index contributed by atoms with van der Waals surface area (Å²) in [5.74, 6) is -0.675. The maximum absolute atomic E-state index is 12.3. The predicted octanol–water partition coefficient (Wildman–Crippen LogP) is 2.81. The molecule has 1 amide bonds. The first-order valence-corrected chi connectivity index (χ1v) is 7.93. The van der Waals surface area contributed by atoms with Crippen LogP contribution in [-0.2, 0) is 9.59 Å². The number of benzene rings is 2. The highest BCUT2D eigenvalue weighted by Crippen LogP contribution is 2.30. The zero-order chi connectivity index (χ0) is 16.9. The van der Waals surface area contributed by atoms with Crippen LogP contribution in [-0.4, -0.2) is 41.1 Å². The normalized spacial score (nSPS) is 13.3. The number of amides is 1. The number of para-hydroxylation sites is 1. The van der Waals surface area contributed by atoms with Crippen molar-refractivity contribution in [2.24, 2.45) is 0 Å². The van der Waals surface area contributed by atoms with Crippen LogP contribution in [0.25, 0.3) is 11.1 Å². The van der Waals surface area contributed by atoms with Crippen LogP contribution in [0.15, 0.2) is 54.6 Å². The van der Waals surface area contributed by atoms with Gasteiger partial charge >= 0.3 is 5.97 Å². The van der Waals surface area contributed by atoms with Gasteiger partial charge in [0.05, 0.1) is 0 Å². The van der Waals surface area contributed by atoms with Gasteiger partial charge in [-0.2, -0.15) is 0 Å². The van der Waals surface area contributed by atoms with E-state index in [1.165, 1.54) is 4.90 Å².